The molecule has 5 rings (SSSR count). The molecule has 188 valence electrons. The number of nitrogens with one attached hydrogen (secondary N) is 2. The number of carbonyl (C=O) groups excluding carboxylic acids is 1. The summed E-state index contributed by atoms with van der Waals surface area (Å²) in [6.45, 7) is 0.507. The van der Waals surface area contributed by atoms with Crippen LogP contribution in [0.15, 0.2) is 114 Å². The molecule has 4 aromatic carbocycles. The van der Waals surface area contributed by atoms with Gasteiger partial charge >= 0.3 is 0 Å². The molecule has 6 nitrogen and oxygen atoms in total. The van der Waals surface area contributed by atoms with Gasteiger partial charge in [-0.3, -0.25) is 4.79 Å². The van der Waals surface area contributed by atoms with Gasteiger partial charge in [-0.2, -0.15) is 5.10 Å². The van der Waals surface area contributed by atoms with E-state index in [0.717, 1.165) is 39.0 Å². The molecule has 0 aliphatic heterocycles. The number of hydrazone groups is 1. The van der Waals surface area contributed by atoms with Crippen LogP contribution in [-0.4, -0.2) is 17.1 Å². The van der Waals surface area contributed by atoms with Crippen molar-refractivity contribution in [3.63, 3.8) is 0 Å². The molecule has 0 radical (unpaired) electrons. The Balaban J connectivity index is 1.12. The lowest BCUT2D eigenvalue weighted by molar-refractivity contribution is 0.0955. The van der Waals surface area contributed by atoms with Gasteiger partial charge in [0.05, 0.1) is 11.9 Å². The Morgan fingerprint density at radius 2 is 1.66 bits per heavy atom. The van der Waals surface area contributed by atoms with Gasteiger partial charge in [0.2, 0.25) is 0 Å². The summed E-state index contributed by atoms with van der Waals surface area (Å²) >= 11 is 7.44. The number of aromatic nitrogens is 1. The van der Waals surface area contributed by atoms with Crippen LogP contribution in [0, 0.1) is 0 Å². The molecule has 8 heteroatoms. The lowest BCUT2D eigenvalue weighted by atomic mass is 10.1. The van der Waals surface area contributed by atoms with Crippen molar-refractivity contribution < 1.29 is 9.53 Å². The van der Waals surface area contributed by atoms with Crippen LogP contribution < -0.4 is 15.5 Å². The summed E-state index contributed by atoms with van der Waals surface area (Å²) in [5, 5.41) is 10.8. The number of ether oxygens (including phenoxy) is 1. The standard InChI is InChI=1S/C30H23ClN4O2S/c31-25-12-14-26(15-13-25)33-30-34-28(20-38-30)23-8-10-24(11-9-23)29(36)35-32-18-21-6-16-27(17-7-21)37-19-22-4-2-1-3-5-22/h1-18,20H,19H2,(H,33,34)(H,35,36)/b32-18-. The molecule has 0 aliphatic rings. The normalized spacial score (nSPS) is 10.9. The number of nitrogens with zero attached hydrogens (tertiary/aromatic N) is 2. The molecule has 0 saturated heterocycles. The fourth-order valence-corrected chi connectivity index (χ4v) is 4.40. The van der Waals surface area contributed by atoms with Crippen molar-refractivity contribution in [1.82, 2.24) is 10.4 Å². The summed E-state index contributed by atoms with van der Waals surface area (Å²) in [5.74, 6) is 0.474. The fourth-order valence-electron chi connectivity index (χ4n) is 3.53. The van der Waals surface area contributed by atoms with E-state index in [-0.39, 0.29) is 5.91 Å². The van der Waals surface area contributed by atoms with Crippen molar-refractivity contribution in [1.29, 1.82) is 0 Å². The average Bonchev–Trinajstić information content (AvgIpc) is 3.43. The van der Waals surface area contributed by atoms with Crippen LogP contribution in [0.4, 0.5) is 10.8 Å². The van der Waals surface area contributed by atoms with E-state index in [1.807, 2.05) is 96.4 Å². The topological polar surface area (TPSA) is 75.6 Å². The van der Waals surface area contributed by atoms with E-state index in [0.29, 0.717) is 17.2 Å². The van der Waals surface area contributed by atoms with Gasteiger partial charge in [0.25, 0.3) is 5.91 Å². The molecule has 38 heavy (non-hydrogen) atoms. The molecule has 0 aliphatic carbocycles. The average molecular weight is 539 g/mol. The third-order valence-corrected chi connectivity index (χ3v) is 6.56. The SMILES string of the molecule is O=C(N/N=C\c1ccc(OCc2ccccc2)cc1)c1ccc(-c2csc(Nc3ccc(Cl)cc3)n2)cc1. The smallest absolute Gasteiger partial charge is 0.271 e. The van der Waals surface area contributed by atoms with Crippen LogP contribution in [-0.2, 0) is 6.61 Å². The van der Waals surface area contributed by atoms with Gasteiger partial charge in [0.15, 0.2) is 5.13 Å². The summed E-state index contributed by atoms with van der Waals surface area (Å²) < 4.78 is 5.80. The van der Waals surface area contributed by atoms with Crippen LogP contribution in [0.25, 0.3) is 11.3 Å². The number of anilines is 2. The van der Waals surface area contributed by atoms with Crippen molar-refractivity contribution in [2.75, 3.05) is 5.32 Å². The monoisotopic (exact) mass is 538 g/mol. The second kappa shape index (κ2) is 12.2. The minimum absolute atomic E-state index is 0.293. The predicted molar refractivity (Wildman–Crippen MR) is 155 cm³/mol. The molecule has 2 N–H and O–H groups in total. The molecule has 1 aromatic heterocycles. The van der Waals surface area contributed by atoms with E-state index in [2.05, 4.69) is 20.8 Å². The highest BCUT2D eigenvalue weighted by molar-refractivity contribution is 7.14. The number of carbonyl (C=O) groups is 1. The van der Waals surface area contributed by atoms with Crippen LogP contribution >= 0.6 is 22.9 Å². The molecule has 1 heterocycles. The molecule has 0 atom stereocenters. The van der Waals surface area contributed by atoms with E-state index in [4.69, 9.17) is 16.3 Å². The first-order valence-corrected chi connectivity index (χ1v) is 13.1. The van der Waals surface area contributed by atoms with Crippen molar-refractivity contribution in [3.8, 4) is 17.0 Å². The molecular formula is C30H23ClN4O2S. The van der Waals surface area contributed by atoms with Crippen LogP contribution in [0.3, 0.4) is 0 Å². The van der Waals surface area contributed by atoms with Crippen molar-refractivity contribution >= 4 is 45.9 Å². The first-order chi connectivity index (χ1) is 18.6. The second-order valence-corrected chi connectivity index (χ2v) is 9.58. The van der Waals surface area contributed by atoms with E-state index < -0.39 is 0 Å². The Morgan fingerprint density at radius 3 is 2.39 bits per heavy atom. The fraction of sp³-hybridized carbons (Fsp3) is 0.0333. The maximum Gasteiger partial charge on any atom is 0.271 e. The zero-order valence-electron chi connectivity index (χ0n) is 20.2. The number of hydrogen-bond acceptors (Lipinski definition) is 6. The van der Waals surface area contributed by atoms with Crippen molar-refractivity contribution in [2.24, 2.45) is 5.10 Å². The lowest BCUT2D eigenvalue weighted by Crippen LogP contribution is -2.17. The molecule has 5 aromatic rings. The minimum atomic E-state index is -0.293. The Bertz CT molecular complexity index is 1520. The highest BCUT2D eigenvalue weighted by atomic mass is 35.5. The maximum absolute atomic E-state index is 12.5. The lowest BCUT2D eigenvalue weighted by Gasteiger charge is -2.06. The summed E-state index contributed by atoms with van der Waals surface area (Å²) in [5.41, 5.74) is 7.68. The van der Waals surface area contributed by atoms with Gasteiger partial charge in [-0.1, -0.05) is 54.1 Å². The summed E-state index contributed by atoms with van der Waals surface area (Å²) in [7, 11) is 0. The number of hydrogen-bond donors (Lipinski definition) is 2. The van der Waals surface area contributed by atoms with Gasteiger partial charge in [-0.15, -0.1) is 11.3 Å². The molecular weight excluding hydrogens is 516 g/mol. The number of rotatable bonds is 9. The van der Waals surface area contributed by atoms with Crippen LogP contribution in [0.2, 0.25) is 5.02 Å². The Kier molecular flexibility index (Phi) is 8.08. The molecule has 0 saturated carbocycles. The summed E-state index contributed by atoms with van der Waals surface area (Å²) in [4.78, 5) is 17.1. The maximum atomic E-state index is 12.5. The van der Waals surface area contributed by atoms with Gasteiger partial charge in [-0.05, 0) is 71.8 Å². The third-order valence-electron chi connectivity index (χ3n) is 5.55. The van der Waals surface area contributed by atoms with E-state index in [9.17, 15) is 4.79 Å². The van der Waals surface area contributed by atoms with Crippen LogP contribution in [0.5, 0.6) is 5.75 Å². The molecule has 1 amide bonds. The molecule has 0 spiro atoms. The van der Waals surface area contributed by atoms with Gasteiger partial charge in [-0.25, -0.2) is 10.4 Å². The molecule has 0 fully saturated rings. The van der Waals surface area contributed by atoms with Crippen molar-refractivity contribution in [3.05, 3.63) is 130 Å². The van der Waals surface area contributed by atoms with E-state index in [1.54, 1.807) is 18.3 Å². The van der Waals surface area contributed by atoms with E-state index in [1.165, 1.54) is 11.3 Å². The van der Waals surface area contributed by atoms with Gasteiger partial charge in [0, 0.05) is 27.2 Å². The summed E-state index contributed by atoms with van der Waals surface area (Å²) in [6.07, 6.45) is 1.59. The highest BCUT2D eigenvalue weighted by Gasteiger charge is 2.08. The quantitative estimate of drug-likeness (QED) is 0.150. The first kappa shape index (κ1) is 25.2. The van der Waals surface area contributed by atoms with Gasteiger partial charge in [0.1, 0.15) is 12.4 Å². The van der Waals surface area contributed by atoms with E-state index >= 15 is 0 Å². The number of halogens is 1. The third kappa shape index (κ3) is 6.85. The number of benzene rings is 4. The highest BCUT2D eigenvalue weighted by Crippen LogP contribution is 2.28. The zero-order chi connectivity index (χ0) is 26.2. The Hall–Kier alpha value is -4.46. The van der Waals surface area contributed by atoms with Gasteiger partial charge < -0.3 is 10.1 Å². The van der Waals surface area contributed by atoms with Crippen LogP contribution in [0.1, 0.15) is 21.5 Å². The number of amides is 1. The number of thiazole rings is 1. The minimum Gasteiger partial charge on any atom is -0.489 e. The first-order valence-electron chi connectivity index (χ1n) is 11.8. The molecule has 0 bridgehead atoms. The predicted octanol–water partition coefficient (Wildman–Crippen LogP) is 7.55. The van der Waals surface area contributed by atoms with Crippen molar-refractivity contribution in [2.45, 2.75) is 6.61 Å². The Labute approximate surface area is 229 Å². The summed E-state index contributed by atoms with van der Waals surface area (Å²) in [6, 6.07) is 32.2. The zero-order valence-corrected chi connectivity index (χ0v) is 21.7. The largest absolute Gasteiger partial charge is 0.489 e. The second-order valence-electron chi connectivity index (χ2n) is 8.29. The Morgan fingerprint density at radius 1 is 0.921 bits per heavy atom. The molecule has 0 unspecified atom stereocenters.